The van der Waals surface area contributed by atoms with Crippen LogP contribution >= 0.6 is 0 Å². The molecule has 6 nitrogen and oxygen atoms in total. The van der Waals surface area contributed by atoms with Crippen molar-refractivity contribution >= 4 is 34.7 Å². The van der Waals surface area contributed by atoms with Crippen LogP contribution in [-0.4, -0.2) is 40.6 Å². The number of carbonyl (C=O) groups is 2. The van der Waals surface area contributed by atoms with Crippen molar-refractivity contribution < 1.29 is 14.3 Å². The number of piperidine rings is 1. The fraction of sp³-hybridized carbons (Fsp3) is 0.455. The van der Waals surface area contributed by atoms with Crippen molar-refractivity contribution in [2.45, 2.75) is 46.1 Å². The molecule has 0 radical (unpaired) electrons. The lowest BCUT2D eigenvalue weighted by atomic mass is 9.95. The fourth-order valence-electron chi connectivity index (χ4n) is 3.38. The van der Waals surface area contributed by atoms with Gasteiger partial charge < -0.3 is 19.9 Å². The smallest absolute Gasteiger partial charge is 0.410 e. The summed E-state index contributed by atoms with van der Waals surface area (Å²) in [6.07, 6.45) is 7.79. The van der Waals surface area contributed by atoms with Gasteiger partial charge >= 0.3 is 6.09 Å². The van der Waals surface area contributed by atoms with Crippen LogP contribution in [0.15, 0.2) is 30.5 Å². The number of hydrogen-bond donors (Lipinski definition) is 2. The van der Waals surface area contributed by atoms with E-state index in [9.17, 15) is 9.59 Å². The standard InChI is InChI=1S/C22H29N3O3/c1-15(26)24-20-14-23-19-8-7-17(13-18(19)20)6-5-16-9-11-25(12-10-16)21(27)28-22(2,3)4/h5-8,13-14,16,23H,9-12H2,1-4H3,(H,24,26)/b6-5+. The van der Waals surface area contributed by atoms with E-state index in [2.05, 4.69) is 34.6 Å². The molecule has 1 fully saturated rings. The van der Waals surface area contributed by atoms with Crippen LogP contribution in [0.2, 0.25) is 0 Å². The Morgan fingerprint density at radius 3 is 2.61 bits per heavy atom. The highest BCUT2D eigenvalue weighted by Gasteiger charge is 2.25. The van der Waals surface area contributed by atoms with Gasteiger partial charge in [0.2, 0.25) is 5.91 Å². The lowest BCUT2D eigenvalue weighted by molar-refractivity contribution is -0.114. The van der Waals surface area contributed by atoms with Crippen molar-refractivity contribution in [3.8, 4) is 0 Å². The van der Waals surface area contributed by atoms with Crippen LogP contribution in [0, 0.1) is 5.92 Å². The third-order valence-corrected chi connectivity index (χ3v) is 4.77. The largest absolute Gasteiger partial charge is 0.444 e. The Balaban J connectivity index is 1.60. The Labute approximate surface area is 165 Å². The number of aromatic amines is 1. The number of nitrogens with one attached hydrogen (secondary N) is 2. The Bertz CT molecular complexity index is 884. The predicted octanol–water partition coefficient (Wildman–Crippen LogP) is 4.79. The first-order valence-electron chi connectivity index (χ1n) is 9.76. The molecule has 28 heavy (non-hydrogen) atoms. The zero-order chi connectivity index (χ0) is 20.3. The molecule has 0 spiro atoms. The number of benzene rings is 1. The minimum Gasteiger partial charge on any atom is -0.444 e. The number of carbonyl (C=O) groups excluding carboxylic acids is 2. The Kier molecular flexibility index (Phi) is 5.77. The van der Waals surface area contributed by atoms with E-state index in [1.807, 2.05) is 33.0 Å². The molecule has 0 atom stereocenters. The normalized spacial score (nSPS) is 15.9. The minimum atomic E-state index is -0.458. The van der Waals surface area contributed by atoms with Gasteiger partial charge in [0, 0.05) is 37.1 Å². The van der Waals surface area contributed by atoms with Gasteiger partial charge in [-0.25, -0.2) is 4.79 Å². The van der Waals surface area contributed by atoms with E-state index in [4.69, 9.17) is 4.74 Å². The number of aromatic nitrogens is 1. The first-order chi connectivity index (χ1) is 13.2. The molecule has 1 saturated heterocycles. The number of amides is 2. The van der Waals surface area contributed by atoms with Gasteiger partial charge in [-0.05, 0) is 57.2 Å². The zero-order valence-electron chi connectivity index (χ0n) is 17.0. The summed E-state index contributed by atoms with van der Waals surface area (Å²) >= 11 is 0. The highest BCUT2D eigenvalue weighted by Crippen LogP contribution is 2.26. The second kappa shape index (κ2) is 8.09. The number of ether oxygens (including phenoxy) is 1. The lowest BCUT2D eigenvalue weighted by Gasteiger charge is -2.32. The van der Waals surface area contributed by atoms with Crippen LogP contribution in [0.3, 0.4) is 0 Å². The molecule has 0 bridgehead atoms. The van der Waals surface area contributed by atoms with Gasteiger partial charge in [0.15, 0.2) is 0 Å². The van der Waals surface area contributed by atoms with Gasteiger partial charge in [0.25, 0.3) is 0 Å². The van der Waals surface area contributed by atoms with Crippen molar-refractivity contribution in [3.05, 3.63) is 36.0 Å². The third kappa shape index (κ3) is 5.15. The Hall–Kier alpha value is -2.76. The first-order valence-corrected chi connectivity index (χ1v) is 9.76. The monoisotopic (exact) mass is 383 g/mol. The van der Waals surface area contributed by atoms with E-state index in [0.29, 0.717) is 19.0 Å². The van der Waals surface area contributed by atoms with Crippen LogP contribution < -0.4 is 5.32 Å². The SMILES string of the molecule is CC(=O)Nc1c[nH]c2ccc(/C=C/C3CCN(C(=O)OC(C)(C)C)CC3)cc12. The molecule has 1 aromatic carbocycles. The molecule has 2 aromatic rings. The van der Waals surface area contributed by atoms with Crippen molar-refractivity contribution in [1.82, 2.24) is 9.88 Å². The lowest BCUT2D eigenvalue weighted by Crippen LogP contribution is -2.41. The molecule has 1 aromatic heterocycles. The number of fused-ring (bicyclic) bond motifs is 1. The van der Waals surface area contributed by atoms with Gasteiger partial charge in [0.1, 0.15) is 5.60 Å². The predicted molar refractivity (Wildman–Crippen MR) is 112 cm³/mol. The zero-order valence-corrected chi connectivity index (χ0v) is 17.0. The van der Waals surface area contributed by atoms with E-state index < -0.39 is 5.60 Å². The summed E-state index contributed by atoms with van der Waals surface area (Å²) in [5.74, 6) is 0.356. The molecule has 2 heterocycles. The van der Waals surface area contributed by atoms with Crippen LogP contribution in [0.5, 0.6) is 0 Å². The van der Waals surface area contributed by atoms with Crippen molar-refractivity contribution in [2.24, 2.45) is 5.92 Å². The maximum absolute atomic E-state index is 12.2. The highest BCUT2D eigenvalue weighted by molar-refractivity contribution is 6.01. The summed E-state index contributed by atoms with van der Waals surface area (Å²) in [4.78, 5) is 28.5. The maximum atomic E-state index is 12.2. The second-order valence-corrected chi connectivity index (χ2v) is 8.35. The van der Waals surface area contributed by atoms with Gasteiger partial charge in [-0.15, -0.1) is 0 Å². The van der Waals surface area contributed by atoms with Crippen molar-refractivity contribution in [1.29, 1.82) is 0 Å². The minimum absolute atomic E-state index is 0.0846. The fourth-order valence-corrected chi connectivity index (χ4v) is 3.38. The molecule has 150 valence electrons. The molecule has 0 saturated carbocycles. The molecule has 0 unspecified atom stereocenters. The maximum Gasteiger partial charge on any atom is 0.410 e. The molecule has 6 heteroatoms. The van der Waals surface area contributed by atoms with Crippen molar-refractivity contribution in [2.75, 3.05) is 18.4 Å². The Morgan fingerprint density at radius 2 is 1.96 bits per heavy atom. The van der Waals surface area contributed by atoms with E-state index in [1.165, 1.54) is 6.92 Å². The summed E-state index contributed by atoms with van der Waals surface area (Å²) in [6.45, 7) is 8.60. The molecular formula is C22H29N3O3. The summed E-state index contributed by atoms with van der Waals surface area (Å²) < 4.78 is 5.45. The van der Waals surface area contributed by atoms with E-state index in [1.54, 1.807) is 4.90 Å². The Morgan fingerprint density at radius 1 is 1.25 bits per heavy atom. The molecule has 3 rings (SSSR count). The van der Waals surface area contributed by atoms with Crippen LogP contribution in [0.1, 0.15) is 46.1 Å². The third-order valence-electron chi connectivity index (χ3n) is 4.77. The molecule has 1 aliphatic heterocycles. The van der Waals surface area contributed by atoms with Gasteiger partial charge in [-0.1, -0.05) is 18.2 Å². The summed E-state index contributed by atoms with van der Waals surface area (Å²) in [5.41, 5.74) is 2.42. The van der Waals surface area contributed by atoms with Gasteiger partial charge in [-0.2, -0.15) is 0 Å². The number of anilines is 1. The number of hydrogen-bond acceptors (Lipinski definition) is 3. The van der Waals surface area contributed by atoms with E-state index in [0.717, 1.165) is 35.0 Å². The quantitative estimate of drug-likeness (QED) is 0.800. The van der Waals surface area contributed by atoms with E-state index >= 15 is 0 Å². The first kappa shape index (κ1) is 20.0. The summed E-state index contributed by atoms with van der Waals surface area (Å²) in [6, 6.07) is 6.15. The summed E-state index contributed by atoms with van der Waals surface area (Å²) in [7, 11) is 0. The van der Waals surface area contributed by atoms with Gasteiger partial charge in [0.05, 0.1) is 5.69 Å². The number of allylic oxidation sites excluding steroid dienone is 1. The number of likely N-dealkylation sites (tertiary alicyclic amines) is 1. The van der Waals surface area contributed by atoms with Crippen LogP contribution in [0.25, 0.3) is 17.0 Å². The number of rotatable bonds is 3. The van der Waals surface area contributed by atoms with Crippen molar-refractivity contribution in [3.63, 3.8) is 0 Å². The van der Waals surface area contributed by atoms with Crippen LogP contribution in [-0.2, 0) is 9.53 Å². The second-order valence-electron chi connectivity index (χ2n) is 8.35. The molecule has 1 aliphatic rings. The average molecular weight is 383 g/mol. The molecule has 2 amide bonds. The highest BCUT2D eigenvalue weighted by atomic mass is 16.6. The number of H-pyrrole nitrogens is 1. The summed E-state index contributed by atoms with van der Waals surface area (Å²) in [5, 5.41) is 3.85. The topological polar surface area (TPSA) is 74.4 Å². The average Bonchev–Trinajstić information content (AvgIpc) is 3.00. The molecular weight excluding hydrogens is 354 g/mol. The molecule has 0 aliphatic carbocycles. The number of nitrogens with zero attached hydrogens (tertiary/aromatic N) is 1. The van der Waals surface area contributed by atoms with E-state index in [-0.39, 0.29) is 12.0 Å². The molecule has 2 N–H and O–H groups in total. The van der Waals surface area contributed by atoms with Gasteiger partial charge in [-0.3, -0.25) is 4.79 Å². The van der Waals surface area contributed by atoms with Crippen LogP contribution in [0.4, 0.5) is 10.5 Å².